The molecule has 1 aliphatic heterocycles. The smallest absolute Gasteiger partial charge is 0.441 e. The number of nitrogens with zero attached hydrogens (tertiary/aromatic N) is 2. The molecule has 0 fully saturated rings. The van der Waals surface area contributed by atoms with Crippen LogP contribution >= 0.6 is 0 Å². The summed E-state index contributed by atoms with van der Waals surface area (Å²) in [5.74, 6) is 0.790. The van der Waals surface area contributed by atoms with Gasteiger partial charge in [0.05, 0.1) is 0 Å². The van der Waals surface area contributed by atoms with E-state index in [1.807, 2.05) is 30.3 Å². The minimum Gasteiger partial charge on any atom is -0.454 e. The van der Waals surface area contributed by atoms with Gasteiger partial charge in [-0.3, -0.25) is 13.9 Å². The Bertz CT molecular complexity index is 994. The second kappa shape index (κ2) is 6.75. The summed E-state index contributed by atoms with van der Waals surface area (Å²) in [5, 5.41) is 6.57. The Morgan fingerprint density at radius 1 is 1.12 bits per heavy atom. The maximum atomic E-state index is 12.2. The van der Waals surface area contributed by atoms with E-state index in [4.69, 9.17) is 14.0 Å². The van der Waals surface area contributed by atoms with Gasteiger partial charge in [-0.05, 0) is 12.1 Å². The SMILES string of the molecule is O=C(CCn1c(-c2ccccc2)noc1=O)Nc1ccc2c(c1)OCO2. The molecule has 132 valence electrons. The van der Waals surface area contributed by atoms with Gasteiger partial charge in [-0.1, -0.05) is 35.5 Å². The highest BCUT2D eigenvalue weighted by Crippen LogP contribution is 2.34. The molecule has 4 rings (SSSR count). The van der Waals surface area contributed by atoms with Crippen molar-refractivity contribution in [2.24, 2.45) is 0 Å². The number of fused-ring (bicyclic) bond motifs is 1. The van der Waals surface area contributed by atoms with Crippen molar-refractivity contribution in [2.45, 2.75) is 13.0 Å². The van der Waals surface area contributed by atoms with E-state index in [1.165, 1.54) is 4.57 Å². The standard InChI is InChI=1S/C18H15N3O5/c22-16(19-13-6-7-14-15(10-13)25-11-24-14)8-9-21-17(20-26-18(21)23)12-4-2-1-3-5-12/h1-7,10H,8-9,11H2,(H,19,22). The fourth-order valence-electron chi connectivity index (χ4n) is 2.67. The molecule has 3 aromatic rings. The van der Waals surface area contributed by atoms with Crippen LogP contribution in [0, 0.1) is 0 Å². The van der Waals surface area contributed by atoms with E-state index in [2.05, 4.69) is 10.5 Å². The summed E-state index contributed by atoms with van der Waals surface area (Å²) in [6.45, 7) is 0.328. The maximum absolute atomic E-state index is 12.2. The molecule has 8 heteroatoms. The average Bonchev–Trinajstić information content (AvgIpc) is 3.26. The minimum absolute atomic E-state index is 0.0927. The lowest BCUT2D eigenvalue weighted by atomic mass is 10.2. The van der Waals surface area contributed by atoms with Gasteiger partial charge in [0.1, 0.15) is 0 Å². The third-order valence-electron chi connectivity index (χ3n) is 3.94. The van der Waals surface area contributed by atoms with E-state index in [1.54, 1.807) is 18.2 Å². The number of nitrogens with one attached hydrogen (secondary N) is 1. The molecular weight excluding hydrogens is 338 g/mol. The van der Waals surface area contributed by atoms with Crippen LogP contribution in [0.25, 0.3) is 11.4 Å². The molecule has 0 atom stereocenters. The van der Waals surface area contributed by atoms with Crippen LogP contribution in [0.15, 0.2) is 57.8 Å². The molecule has 0 aliphatic carbocycles. The van der Waals surface area contributed by atoms with Gasteiger partial charge in [0.15, 0.2) is 17.3 Å². The summed E-state index contributed by atoms with van der Waals surface area (Å²) < 4.78 is 16.6. The zero-order chi connectivity index (χ0) is 17.9. The van der Waals surface area contributed by atoms with E-state index < -0.39 is 5.76 Å². The van der Waals surface area contributed by atoms with Crippen LogP contribution in [-0.4, -0.2) is 22.4 Å². The van der Waals surface area contributed by atoms with E-state index in [9.17, 15) is 9.59 Å². The van der Waals surface area contributed by atoms with Crippen molar-refractivity contribution >= 4 is 11.6 Å². The summed E-state index contributed by atoms with van der Waals surface area (Å²) in [4.78, 5) is 24.1. The molecule has 1 N–H and O–H groups in total. The number of ether oxygens (including phenoxy) is 2. The first kappa shape index (κ1) is 15.9. The summed E-state index contributed by atoms with van der Waals surface area (Å²) >= 11 is 0. The normalized spacial score (nSPS) is 12.2. The lowest BCUT2D eigenvalue weighted by Gasteiger charge is -2.07. The fraction of sp³-hybridized carbons (Fsp3) is 0.167. The maximum Gasteiger partial charge on any atom is 0.441 e. The quantitative estimate of drug-likeness (QED) is 0.756. The largest absolute Gasteiger partial charge is 0.454 e. The van der Waals surface area contributed by atoms with E-state index in [0.29, 0.717) is 23.0 Å². The Balaban J connectivity index is 1.44. The van der Waals surface area contributed by atoms with E-state index in [0.717, 1.165) is 5.56 Å². The number of aromatic nitrogens is 2. The summed E-state index contributed by atoms with van der Waals surface area (Å²) in [5.41, 5.74) is 1.34. The van der Waals surface area contributed by atoms with Crippen molar-refractivity contribution in [1.82, 2.24) is 9.72 Å². The minimum atomic E-state index is -0.597. The van der Waals surface area contributed by atoms with Crippen molar-refractivity contribution in [2.75, 3.05) is 12.1 Å². The van der Waals surface area contributed by atoms with E-state index >= 15 is 0 Å². The fourth-order valence-corrected chi connectivity index (χ4v) is 2.67. The first-order chi connectivity index (χ1) is 12.7. The molecule has 1 amide bonds. The van der Waals surface area contributed by atoms with Gasteiger partial charge < -0.3 is 14.8 Å². The van der Waals surface area contributed by atoms with Crippen LogP contribution in [0.3, 0.4) is 0 Å². The van der Waals surface area contributed by atoms with Gasteiger partial charge in [-0.25, -0.2) is 4.79 Å². The van der Waals surface area contributed by atoms with Crippen LogP contribution in [0.5, 0.6) is 11.5 Å². The molecule has 0 saturated heterocycles. The molecule has 1 aliphatic rings. The predicted octanol–water partition coefficient (Wildman–Crippen LogP) is 2.26. The molecule has 1 aromatic heterocycles. The zero-order valence-corrected chi connectivity index (χ0v) is 13.7. The molecule has 0 saturated carbocycles. The molecule has 0 unspecified atom stereocenters. The first-order valence-electron chi connectivity index (χ1n) is 8.02. The zero-order valence-electron chi connectivity index (χ0n) is 13.7. The highest BCUT2D eigenvalue weighted by molar-refractivity contribution is 5.91. The molecule has 2 aromatic carbocycles. The number of carbonyl (C=O) groups excluding carboxylic acids is 1. The molecule has 0 spiro atoms. The number of hydrogen-bond donors (Lipinski definition) is 1. The summed E-state index contributed by atoms with van der Waals surface area (Å²) in [7, 11) is 0. The number of benzene rings is 2. The highest BCUT2D eigenvalue weighted by Gasteiger charge is 2.16. The van der Waals surface area contributed by atoms with Gasteiger partial charge in [-0.2, -0.15) is 0 Å². The summed E-state index contributed by atoms with van der Waals surface area (Å²) in [6, 6.07) is 14.3. The van der Waals surface area contributed by atoms with Crippen LogP contribution in [0.4, 0.5) is 5.69 Å². The van der Waals surface area contributed by atoms with Gasteiger partial charge in [0.2, 0.25) is 12.7 Å². The number of rotatable bonds is 5. The Labute approximate surface area is 147 Å². The number of anilines is 1. The third-order valence-corrected chi connectivity index (χ3v) is 3.94. The van der Waals surface area contributed by atoms with Crippen LogP contribution in [0.1, 0.15) is 6.42 Å². The average molecular weight is 353 g/mol. The number of amides is 1. The van der Waals surface area contributed by atoms with Crippen LogP contribution in [0.2, 0.25) is 0 Å². The Kier molecular flexibility index (Phi) is 4.14. The highest BCUT2D eigenvalue weighted by atomic mass is 16.7. The lowest BCUT2D eigenvalue weighted by Crippen LogP contribution is -2.20. The first-order valence-corrected chi connectivity index (χ1v) is 8.02. The monoisotopic (exact) mass is 353 g/mol. The van der Waals surface area contributed by atoms with Crippen molar-refractivity contribution in [3.05, 3.63) is 59.1 Å². The molecule has 2 heterocycles. The summed E-state index contributed by atoms with van der Waals surface area (Å²) in [6.07, 6.45) is 0.0927. The Morgan fingerprint density at radius 3 is 2.77 bits per heavy atom. The van der Waals surface area contributed by atoms with Gasteiger partial charge >= 0.3 is 5.76 Å². The van der Waals surface area contributed by atoms with Crippen molar-refractivity contribution in [3.63, 3.8) is 0 Å². The number of carbonyl (C=O) groups is 1. The van der Waals surface area contributed by atoms with E-state index in [-0.39, 0.29) is 25.7 Å². The predicted molar refractivity (Wildman–Crippen MR) is 92.0 cm³/mol. The van der Waals surface area contributed by atoms with Crippen molar-refractivity contribution < 1.29 is 18.8 Å². The topological polar surface area (TPSA) is 95.6 Å². The van der Waals surface area contributed by atoms with Crippen LogP contribution < -0.4 is 20.5 Å². The third kappa shape index (κ3) is 3.16. The second-order valence-corrected chi connectivity index (χ2v) is 5.66. The molecular formula is C18H15N3O5. The second-order valence-electron chi connectivity index (χ2n) is 5.66. The van der Waals surface area contributed by atoms with Gasteiger partial charge in [0.25, 0.3) is 0 Å². The van der Waals surface area contributed by atoms with Crippen molar-refractivity contribution in [3.8, 4) is 22.9 Å². The molecule has 26 heavy (non-hydrogen) atoms. The van der Waals surface area contributed by atoms with Crippen LogP contribution in [-0.2, 0) is 11.3 Å². The lowest BCUT2D eigenvalue weighted by molar-refractivity contribution is -0.116. The molecule has 8 nitrogen and oxygen atoms in total. The number of hydrogen-bond acceptors (Lipinski definition) is 6. The Morgan fingerprint density at radius 2 is 1.92 bits per heavy atom. The molecule has 0 radical (unpaired) electrons. The van der Waals surface area contributed by atoms with Gasteiger partial charge in [-0.15, -0.1) is 0 Å². The molecule has 0 bridgehead atoms. The van der Waals surface area contributed by atoms with Crippen molar-refractivity contribution in [1.29, 1.82) is 0 Å². The Hall–Kier alpha value is -3.55. The van der Waals surface area contributed by atoms with Gasteiger partial charge in [0, 0.05) is 30.3 Å².